The minimum absolute atomic E-state index is 0.0909. The van der Waals surface area contributed by atoms with E-state index in [4.69, 9.17) is 0 Å². The molecule has 0 saturated heterocycles. The Morgan fingerprint density at radius 3 is 2.88 bits per heavy atom. The monoisotopic (exact) mass is 481 g/mol. The molecule has 3 N–H and O–H groups in total. The maximum atomic E-state index is 12.8. The summed E-state index contributed by atoms with van der Waals surface area (Å²) in [6.45, 7) is 9.05. The maximum absolute atomic E-state index is 12.8. The van der Waals surface area contributed by atoms with Gasteiger partial charge in [-0.25, -0.2) is 4.98 Å². The van der Waals surface area contributed by atoms with Crippen molar-refractivity contribution in [3.63, 3.8) is 0 Å². The molecule has 6 atom stereocenters. The highest BCUT2D eigenvalue weighted by atomic mass is 32.1. The van der Waals surface area contributed by atoms with Crippen molar-refractivity contribution < 1.29 is 9.90 Å². The molecule has 1 heterocycles. The van der Waals surface area contributed by atoms with E-state index in [0.29, 0.717) is 53.1 Å². The van der Waals surface area contributed by atoms with Crippen molar-refractivity contribution in [3.8, 4) is 5.75 Å². The molecule has 0 radical (unpaired) electrons. The van der Waals surface area contributed by atoms with Crippen molar-refractivity contribution in [1.82, 2.24) is 10.3 Å². The zero-order chi connectivity index (χ0) is 24.0. The number of nitrogens with one attached hydrogen (secondary N) is 2. The third-order valence-electron chi connectivity index (χ3n) is 8.99. The Morgan fingerprint density at radius 1 is 1.32 bits per heavy atom. The first-order chi connectivity index (χ1) is 16.2. The quantitative estimate of drug-likeness (QED) is 0.471. The van der Waals surface area contributed by atoms with Crippen LogP contribution in [-0.4, -0.2) is 28.1 Å². The van der Waals surface area contributed by atoms with Crippen molar-refractivity contribution in [2.24, 2.45) is 23.2 Å². The molecule has 184 valence electrons. The van der Waals surface area contributed by atoms with Crippen molar-refractivity contribution >= 4 is 22.4 Å². The van der Waals surface area contributed by atoms with Crippen molar-refractivity contribution in [2.45, 2.75) is 90.6 Å². The molecule has 1 aromatic carbocycles. The minimum Gasteiger partial charge on any atom is -0.508 e. The highest BCUT2D eigenvalue weighted by Crippen LogP contribution is 2.63. The van der Waals surface area contributed by atoms with E-state index in [1.165, 1.54) is 41.7 Å². The van der Waals surface area contributed by atoms with Crippen LogP contribution in [0.5, 0.6) is 5.75 Å². The van der Waals surface area contributed by atoms with E-state index in [1.807, 2.05) is 25.3 Å². The molecular formula is C28H39N3O2S. The smallest absolute Gasteiger partial charge is 0.226 e. The Balaban J connectivity index is 1.36. The standard InChI is InChI=1S/C28H39N3O2S/c1-16(2)30-24-14-19(6-10-25(33)31-27-29-15-17(3)34-27)26-23-8-5-18-13-20(32)7-9-21(18)22(23)11-12-28(24,26)4/h7,9,13,15-16,19,22-24,26,30,32H,5-6,8,10-12,14H2,1-4H3,(H,29,31,33). The first-order valence-electron chi connectivity index (χ1n) is 13.0. The molecule has 3 aliphatic rings. The number of carbonyl (C=O) groups is 1. The van der Waals surface area contributed by atoms with Gasteiger partial charge in [0.15, 0.2) is 5.13 Å². The summed E-state index contributed by atoms with van der Waals surface area (Å²) in [4.78, 5) is 18.2. The number of aromatic hydroxyl groups is 1. The van der Waals surface area contributed by atoms with Gasteiger partial charge in [-0.3, -0.25) is 4.79 Å². The number of benzene rings is 1. The molecule has 3 aliphatic carbocycles. The van der Waals surface area contributed by atoms with Crippen LogP contribution in [0.4, 0.5) is 5.13 Å². The number of fused-ring (bicyclic) bond motifs is 5. The second-order valence-corrected chi connectivity index (χ2v) is 12.7. The second-order valence-electron chi connectivity index (χ2n) is 11.5. The molecule has 2 saturated carbocycles. The highest BCUT2D eigenvalue weighted by Gasteiger charge is 2.58. The molecule has 0 bridgehead atoms. The van der Waals surface area contributed by atoms with Gasteiger partial charge in [-0.2, -0.15) is 0 Å². The molecule has 1 aromatic heterocycles. The van der Waals surface area contributed by atoms with Crippen LogP contribution in [0.15, 0.2) is 24.4 Å². The predicted octanol–water partition coefficient (Wildman–Crippen LogP) is 6.02. The number of aryl methyl sites for hydroxylation is 2. The van der Waals surface area contributed by atoms with Crippen LogP contribution >= 0.6 is 11.3 Å². The summed E-state index contributed by atoms with van der Waals surface area (Å²) in [5, 5.41) is 17.7. The fourth-order valence-corrected chi connectivity index (χ4v) is 8.41. The van der Waals surface area contributed by atoms with E-state index >= 15 is 0 Å². The maximum Gasteiger partial charge on any atom is 0.226 e. The van der Waals surface area contributed by atoms with E-state index in [-0.39, 0.29) is 11.3 Å². The summed E-state index contributed by atoms with van der Waals surface area (Å²) in [6, 6.07) is 7.01. The van der Waals surface area contributed by atoms with Crippen LogP contribution in [0, 0.1) is 30.1 Å². The summed E-state index contributed by atoms with van der Waals surface area (Å²) in [5.74, 6) is 2.89. The number of amides is 1. The van der Waals surface area contributed by atoms with Gasteiger partial charge >= 0.3 is 0 Å². The average Bonchev–Trinajstić information content (AvgIpc) is 3.31. The van der Waals surface area contributed by atoms with Gasteiger partial charge in [0, 0.05) is 29.6 Å². The van der Waals surface area contributed by atoms with Crippen LogP contribution in [0.2, 0.25) is 0 Å². The van der Waals surface area contributed by atoms with Crippen molar-refractivity contribution in [1.29, 1.82) is 0 Å². The fraction of sp³-hybridized carbons (Fsp3) is 0.643. The molecular weight excluding hydrogens is 442 g/mol. The number of thiazole rings is 1. The Kier molecular flexibility index (Phi) is 6.49. The molecule has 0 spiro atoms. The fourth-order valence-electron chi connectivity index (χ4n) is 7.73. The predicted molar refractivity (Wildman–Crippen MR) is 138 cm³/mol. The van der Waals surface area contributed by atoms with Crippen molar-refractivity contribution in [2.75, 3.05) is 5.32 Å². The van der Waals surface area contributed by atoms with Gasteiger partial charge in [-0.15, -0.1) is 11.3 Å². The van der Waals surface area contributed by atoms with Gasteiger partial charge in [-0.05, 0) is 97.8 Å². The zero-order valence-corrected chi connectivity index (χ0v) is 21.8. The summed E-state index contributed by atoms with van der Waals surface area (Å²) >= 11 is 1.54. The van der Waals surface area contributed by atoms with Crippen LogP contribution in [0.25, 0.3) is 0 Å². The summed E-state index contributed by atoms with van der Waals surface area (Å²) in [7, 11) is 0. The summed E-state index contributed by atoms with van der Waals surface area (Å²) in [5.41, 5.74) is 3.08. The number of phenolic OH excluding ortho intramolecular Hbond substituents is 1. The van der Waals surface area contributed by atoms with Crippen molar-refractivity contribution in [3.05, 3.63) is 40.4 Å². The Morgan fingerprint density at radius 2 is 2.15 bits per heavy atom. The van der Waals surface area contributed by atoms with Gasteiger partial charge in [-0.1, -0.05) is 26.8 Å². The number of phenols is 1. The largest absolute Gasteiger partial charge is 0.508 e. The SMILES string of the molecule is Cc1cnc(NC(=O)CCC2CC(NC(C)C)C3(C)CCC4c5ccc(O)cc5CCC4C23)s1. The number of anilines is 1. The van der Waals surface area contributed by atoms with Crippen LogP contribution in [0.3, 0.4) is 0 Å². The molecule has 5 nitrogen and oxygen atoms in total. The van der Waals surface area contributed by atoms with E-state index in [9.17, 15) is 9.90 Å². The van der Waals surface area contributed by atoms with E-state index in [1.54, 1.807) is 0 Å². The van der Waals surface area contributed by atoms with Gasteiger partial charge in [0.1, 0.15) is 5.75 Å². The zero-order valence-electron chi connectivity index (χ0n) is 20.9. The number of nitrogens with zero attached hydrogens (tertiary/aromatic N) is 1. The van der Waals surface area contributed by atoms with Gasteiger partial charge in [0.2, 0.25) is 5.91 Å². The van der Waals surface area contributed by atoms with Crippen LogP contribution < -0.4 is 10.6 Å². The lowest BCUT2D eigenvalue weighted by Gasteiger charge is -2.52. The molecule has 6 heteroatoms. The normalized spacial score (nSPS) is 32.2. The first-order valence-corrected chi connectivity index (χ1v) is 13.9. The lowest BCUT2D eigenvalue weighted by atomic mass is 9.53. The molecule has 1 amide bonds. The summed E-state index contributed by atoms with van der Waals surface area (Å²) < 4.78 is 0. The Hall–Kier alpha value is -1.92. The van der Waals surface area contributed by atoms with Crippen LogP contribution in [-0.2, 0) is 11.2 Å². The average molecular weight is 482 g/mol. The van der Waals surface area contributed by atoms with E-state index < -0.39 is 0 Å². The molecule has 5 rings (SSSR count). The Bertz CT molecular complexity index is 1050. The lowest BCUT2D eigenvalue weighted by molar-refractivity contribution is -0.116. The molecule has 2 aromatic rings. The topological polar surface area (TPSA) is 74.2 Å². The van der Waals surface area contributed by atoms with Gasteiger partial charge < -0.3 is 15.7 Å². The van der Waals surface area contributed by atoms with E-state index in [0.717, 1.165) is 24.1 Å². The lowest BCUT2D eigenvalue weighted by Crippen LogP contribution is -2.50. The highest BCUT2D eigenvalue weighted by molar-refractivity contribution is 7.15. The first kappa shape index (κ1) is 23.8. The number of rotatable bonds is 6. The third kappa shape index (κ3) is 4.39. The Labute approximate surface area is 207 Å². The number of hydrogen-bond donors (Lipinski definition) is 3. The van der Waals surface area contributed by atoms with E-state index in [2.05, 4.69) is 42.5 Å². The number of carbonyl (C=O) groups excluding carboxylic acids is 1. The number of hydrogen-bond acceptors (Lipinski definition) is 5. The number of aromatic nitrogens is 1. The second kappa shape index (κ2) is 9.27. The van der Waals surface area contributed by atoms with Crippen LogP contribution in [0.1, 0.15) is 81.2 Å². The minimum atomic E-state index is 0.0909. The summed E-state index contributed by atoms with van der Waals surface area (Å²) in [6.07, 6.45) is 9.17. The van der Waals surface area contributed by atoms with Gasteiger partial charge in [0.05, 0.1) is 0 Å². The molecule has 0 aliphatic heterocycles. The molecule has 34 heavy (non-hydrogen) atoms. The molecule has 2 fully saturated rings. The molecule has 6 unspecified atom stereocenters. The third-order valence-corrected chi connectivity index (χ3v) is 9.82. The van der Waals surface area contributed by atoms with Gasteiger partial charge in [0.25, 0.3) is 0 Å².